The monoisotopic (exact) mass is 358 g/mol. The van der Waals surface area contributed by atoms with Gasteiger partial charge in [0.05, 0.1) is 6.42 Å². The number of rotatable bonds is 7. The summed E-state index contributed by atoms with van der Waals surface area (Å²) in [6.07, 6.45) is 0.205. The molecule has 25 heavy (non-hydrogen) atoms. The minimum atomic E-state index is -0.549. The van der Waals surface area contributed by atoms with Crippen molar-refractivity contribution in [3.05, 3.63) is 70.7 Å². The quantitative estimate of drug-likeness (QED) is 0.824. The van der Waals surface area contributed by atoms with E-state index < -0.39 is 6.04 Å². The molecule has 0 heterocycles. The van der Waals surface area contributed by atoms with E-state index in [1.807, 2.05) is 49.4 Å². The maximum Gasteiger partial charge on any atom is 0.242 e. The van der Waals surface area contributed by atoms with Crippen LogP contribution in [0, 0.1) is 0 Å². The molecule has 0 aliphatic rings. The van der Waals surface area contributed by atoms with Gasteiger partial charge in [-0.15, -0.1) is 0 Å². The van der Waals surface area contributed by atoms with Gasteiger partial charge in [0, 0.05) is 18.1 Å². The lowest BCUT2D eigenvalue weighted by Gasteiger charge is -2.28. The second-order valence-electron chi connectivity index (χ2n) is 5.88. The molecule has 0 spiro atoms. The molecule has 0 aromatic heterocycles. The fourth-order valence-electron chi connectivity index (χ4n) is 2.61. The number of halogens is 1. The molecule has 0 aliphatic heterocycles. The summed E-state index contributed by atoms with van der Waals surface area (Å²) >= 11 is 6.00. The molecule has 2 amide bonds. The van der Waals surface area contributed by atoms with Crippen LogP contribution in [0.1, 0.15) is 25.0 Å². The highest BCUT2D eigenvalue weighted by molar-refractivity contribution is 6.30. The van der Waals surface area contributed by atoms with Crippen LogP contribution < -0.4 is 5.32 Å². The fourth-order valence-corrected chi connectivity index (χ4v) is 2.82. The first kappa shape index (κ1) is 19.0. The zero-order chi connectivity index (χ0) is 18.2. The number of nitrogens with one attached hydrogen (secondary N) is 1. The molecular formula is C20H23ClN2O2. The van der Waals surface area contributed by atoms with Crippen LogP contribution in [-0.2, 0) is 22.6 Å². The largest absolute Gasteiger partial charge is 0.355 e. The Labute approximate surface area is 153 Å². The van der Waals surface area contributed by atoms with Crippen molar-refractivity contribution in [2.24, 2.45) is 0 Å². The van der Waals surface area contributed by atoms with E-state index in [4.69, 9.17) is 11.6 Å². The molecule has 1 unspecified atom stereocenters. The number of benzene rings is 2. The van der Waals surface area contributed by atoms with Crippen LogP contribution in [0.25, 0.3) is 0 Å². The van der Waals surface area contributed by atoms with Crippen LogP contribution in [-0.4, -0.2) is 29.3 Å². The highest BCUT2D eigenvalue weighted by Gasteiger charge is 2.25. The zero-order valence-corrected chi connectivity index (χ0v) is 15.3. The van der Waals surface area contributed by atoms with Crippen LogP contribution in [0.5, 0.6) is 0 Å². The van der Waals surface area contributed by atoms with Crippen LogP contribution in [0.4, 0.5) is 0 Å². The standard InChI is InChI=1S/C20H23ClN2O2/c1-3-22-20(25)15(2)23(14-16-8-5-4-6-9-16)19(24)13-17-10-7-11-18(21)12-17/h4-12,15H,3,13-14H2,1-2H3,(H,22,25). The average Bonchev–Trinajstić information content (AvgIpc) is 2.60. The van der Waals surface area contributed by atoms with E-state index >= 15 is 0 Å². The van der Waals surface area contributed by atoms with Crippen molar-refractivity contribution in [2.75, 3.05) is 6.54 Å². The van der Waals surface area contributed by atoms with Gasteiger partial charge in [-0.2, -0.15) is 0 Å². The molecule has 1 atom stereocenters. The van der Waals surface area contributed by atoms with Crippen LogP contribution >= 0.6 is 11.6 Å². The third-order valence-electron chi connectivity index (χ3n) is 3.96. The SMILES string of the molecule is CCNC(=O)C(C)N(Cc1ccccc1)C(=O)Cc1cccc(Cl)c1. The third-order valence-corrected chi connectivity index (χ3v) is 4.19. The highest BCUT2D eigenvalue weighted by Crippen LogP contribution is 2.15. The van der Waals surface area contributed by atoms with Gasteiger partial charge in [0.25, 0.3) is 0 Å². The number of hydrogen-bond acceptors (Lipinski definition) is 2. The molecule has 0 fully saturated rings. The molecule has 4 nitrogen and oxygen atoms in total. The summed E-state index contributed by atoms with van der Waals surface area (Å²) in [5, 5.41) is 3.38. The summed E-state index contributed by atoms with van der Waals surface area (Å²) in [5.41, 5.74) is 1.82. The normalized spacial score (nSPS) is 11.6. The molecule has 2 rings (SSSR count). The Morgan fingerprint density at radius 2 is 1.76 bits per heavy atom. The maximum absolute atomic E-state index is 12.9. The first-order chi connectivity index (χ1) is 12.0. The van der Waals surface area contributed by atoms with Gasteiger partial charge in [0.15, 0.2) is 0 Å². The van der Waals surface area contributed by atoms with Gasteiger partial charge in [-0.05, 0) is 37.1 Å². The lowest BCUT2D eigenvalue weighted by molar-refractivity contribution is -0.140. The maximum atomic E-state index is 12.9. The molecule has 0 radical (unpaired) electrons. The molecule has 0 saturated carbocycles. The first-order valence-electron chi connectivity index (χ1n) is 8.36. The van der Waals surface area contributed by atoms with Gasteiger partial charge in [0.2, 0.25) is 11.8 Å². The Bertz CT molecular complexity index is 719. The second-order valence-corrected chi connectivity index (χ2v) is 6.32. The molecule has 0 saturated heterocycles. The number of amides is 2. The Balaban J connectivity index is 2.20. The lowest BCUT2D eigenvalue weighted by Crippen LogP contribution is -2.48. The second kappa shape index (κ2) is 9.23. The molecule has 2 aromatic carbocycles. The average molecular weight is 359 g/mol. The Morgan fingerprint density at radius 1 is 1.08 bits per heavy atom. The third kappa shape index (κ3) is 5.61. The Hall–Kier alpha value is -2.33. The van der Waals surface area contributed by atoms with E-state index in [-0.39, 0.29) is 18.2 Å². The summed E-state index contributed by atoms with van der Waals surface area (Å²) in [6, 6.07) is 16.3. The van der Waals surface area contributed by atoms with Gasteiger partial charge in [-0.1, -0.05) is 54.1 Å². The van der Waals surface area contributed by atoms with Crippen LogP contribution in [0.3, 0.4) is 0 Å². The number of likely N-dealkylation sites (N-methyl/N-ethyl adjacent to an activating group) is 1. The van der Waals surface area contributed by atoms with Crippen molar-refractivity contribution in [1.82, 2.24) is 10.2 Å². The topological polar surface area (TPSA) is 49.4 Å². The smallest absolute Gasteiger partial charge is 0.242 e. The number of hydrogen-bond donors (Lipinski definition) is 1. The van der Waals surface area contributed by atoms with Crippen LogP contribution in [0.2, 0.25) is 5.02 Å². The summed E-state index contributed by atoms with van der Waals surface area (Å²) in [4.78, 5) is 26.8. The van der Waals surface area contributed by atoms with Gasteiger partial charge < -0.3 is 10.2 Å². The summed E-state index contributed by atoms with van der Waals surface area (Å²) in [6.45, 7) is 4.53. The summed E-state index contributed by atoms with van der Waals surface area (Å²) < 4.78 is 0. The lowest BCUT2D eigenvalue weighted by atomic mass is 10.1. The van der Waals surface area contributed by atoms with Gasteiger partial charge in [-0.3, -0.25) is 9.59 Å². The predicted octanol–water partition coefficient (Wildman–Crippen LogP) is 3.44. The molecule has 5 heteroatoms. The van der Waals surface area contributed by atoms with E-state index in [0.29, 0.717) is 18.1 Å². The van der Waals surface area contributed by atoms with Crippen molar-refractivity contribution in [2.45, 2.75) is 32.9 Å². The first-order valence-corrected chi connectivity index (χ1v) is 8.74. The van der Waals surface area contributed by atoms with Crippen molar-refractivity contribution in [1.29, 1.82) is 0 Å². The Kier molecular flexibility index (Phi) is 7.02. The van der Waals surface area contributed by atoms with Gasteiger partial charge in [-0.25, -0.2) is 0 Å². The van der Waals surface area contributed by atoms with Crippen molar-refractivity contribution >= 4 is 23.4 Å². The fraction of sp³-hybridized carbons (Fsp3) is 0.300. The number of nitrogens with zero attached hydrogens (tertiary/aromatic N) is 1. The van der Waals surface area contributed by atoms with Crippen LogP contribution in [0.15, 0.2) is 54.6 Å². The van der Waals surface area contributed by atoms with E-state index in [0.717, 1.165) is 11.1 Å². The van der Waals surface area contributed by atoms with E-state index in [2.05, 4.69) is 5.32 Å². The minimum Gasteiger partial charge on any atom is -0.355 e. The molecular weight excluding hydrogens is 336 g/mol. The van der Waals surface area contributed by atoms with Crippen molar-refractivity contribution in [3.63, 3.8) is 0 Å². The minimum absolute atomic E-state index is 0.107. The number of carbonyl (C=O) groups excluding carboxylic acids is 2. The summed E-state index contributed by atoms with van der Waals surface area (Å²) in [7, 11) is 0. The predicted molar refractivity (Wildman–Crippen MR) is 100 cm³/mol. The molecule has 1 N–H and O–H groups in total. The van der Waals surface area contributed by atoms with Gasteiger partial charge in [0.1, 0.15) is 6.04 Å². The van der Waals surface area contributed by atoms with E-state index in [9.17, 15) is 9.59 Å². The van der Waals surface area contributed by atoms with Crippen molar-refractivity contribution in [3.8, 4) is 0 Å². The number of carbonyl (C=O) groups is 2. The van der Waals surface area contributed by atoms with E-state index in [1.54, 1.807) is 24.0 Å². The zero-order valence-electron chi connectivity index (χ0n) is 14.5. The van der Waals surface area contributed by atoms with E-state index in [1.165, 1.54) is 0 Å². The molecule has 0 aliphatic carbocycles. The molecule has 2 aromatic rings. The molecule has 132 valence electrons. The molecule has 0 bridgehead atoms. The highest BCUT2D eigenvalue weighted by atomic mass is 35.5. The van der Waals surface area contributed by atoms with Crippen molar-refractivity contribution < 1.29 is 9.59 Å². The van der Waals surface area contributed by atoms with Gasteiger partial charge >= 0.3 is 0 Å². The Morgan fingerprint density at radius 3 is 2.40 bits per heavy atom. The summed E-state index contributed by atoms with van der Waals surface area (Å²) in [5.74, 6) is -0.261.